The molecular formula is C19H20N10O4. The van der Waals surface area contributed by atoms with E-state index < -0.39 is 30.4 Å². The van der Waals surface area contributed by atoms with Gasteiger partial charge in [-0.05, 0) is 12.1 Å². The Morgan fingerprint density at radius 3 is 2.70 bits per heavy atom. The van der Waals surface area contributed by atoms with Crippen LogP contribution in [0.15, 0.2) is 36.9 Å². The van der Waals surface area contributed by atoms with E-state index in [0.29, 0.717) is 28.4 Å². The van der Waals surface area contributed by atoms with Gasteiger partial charge in [-0.2, -0.15) is 14.6 Å². The number of imidazole rings is 1. The highest BCUT2D eigenvalue weighted by molar-refractivity contribution is 5.84. The number of pyridine rings is 1. The zero-order valence-corrected chi connectivity index (χ0v) is 17.6. The number of hydrogen-bond acceptors (Lipinski definition) is 11. The number of likely N-dealkylation sites (N-methyl/N-ethyl adjacent to an activating group) is 1. The van der Waals surface area contributed by atoms with Crippen molar-refractivity contribution in [2.75, 3.05) is 19.4 Å². The van der Waals surface area contributed by atoms with E-state index in [2.05, 4.69) is 40.9 Å². The molecule has 0 radical (unpaired) electrons. The highest BCUT2D eigenvalue weighted by Crippen LogP contribution is 2.32. The molecule has 5 rings (SSSR count). The van der Waals surface area contributed by atoms with Gasteiger partial charge in [0.15, 0.2) is 29.3 Å². The number of aromatic nitrogens is 8. The van der Waals surface area contributed by atoms with Crippen LogP contribution >= 0.6 is 0 Å². The predicted molar refractivity (Wildman–Crippen MR) is 113 cm³/mol. The topological polar surface area (TPSA) is 178 Å². The lowest BCUT2D eigenvalue weighted by molar-refractivity contribution is -0.137. The largest absolute Gasteiger partial charge is 0.387 e. The second kappa shape index (κ2) is 8.16. The molecule has 0 unspecified atom stereocenters. The van der Waals surface area contributed by atoms with Crippen molar-refractivity contribution >= 4 is 22.9 Å². The molecule has 1 aliphatic rings. The Morgan fingerprint density at radius 2 is 1.97 bits per heavy atom. The van der Waals surface area contributed by atoms with Crippen molar-refractivity contribution in [3.05, 3.63) is 36.9 Å². The fourth-order valence-electron chi connectivity index (χ4n) is 3.61. The predicted octanol–water partition coefficient (Wildman–Crippen LogP) is -1.12. The average Bonchev–Trinajstić information content (AvgIpc) is 3.57. The molecule has 1 saturated heterocycles. The van der Waals surface area contributed by atoms with Gasteiger partial charge in [0.2, 0.25) is 0 Å². The fourth-order valence-corrected chi connectivity index (χ4v) is 3.61. The van der Waals surface area contributed by atoms with E-state index in [4.69, 9.17) is 4.74 Å². The Balaban J connectivity index is 1.57. The summed E-state index contributed by atoms with van der Waals surface area (Å²) in [5.74, 6) is 0.0306. The Labute approximate surface area is 186 Å². The molecular weight excluding hydrogens is 432 g/mol. The molecule has 170 valence electrons. The molecule has 4 aromatic heterocycles. The molecule has 4 N–H and O–H groups in total. The SMILES string of the molecule is CNC(=O)[C@H]1O[C@@H](n2cnc3c(NC)nc(-n4cc(-c5ccccn5)nn4)nc32)[C@H](O)[C@@H]1O. The molecule has 4 atom stereocenters. The van der Waals surface area contributed by atoms with Crippen LogP contribution < -0.4 is 10.6 Å². The van der Waals surface area contributed by atoms with Crippen LogP contribution in [-0.2, 0) is 9.53 Å². The number of carbonyl (C=O) groups is 1. The highest BCUT2D eigenvalue weighted by Gasteiger charge is 2.47. The number of aliphatic hydroxyl groups is 2. The van der Waals surface area contributed by atoms with Gasteiger partial charge in [-0.1, -0.05) is 11.3 Å². The minimum absolute atomic E-state index is 0.180. The van der Waals surface area contributed by atoms with Crippen LogP contribution in [0.4, 0.5) is 5.82 Å². The first kappa shape index (κ1) is 20.9. The summed E-state index contributed by atoms with van der Waals surface area (Å²) in [5, 5.41) is 34.5. The molecule has 33 heavy (non-hydrogen) atoms. The van der Waals surface area contributed by atoms with E-state index in [-0.39, 0.29) is 5.95 Å². The number of aliphatic hydroxyl groups excluding tert-OH is 2. The van der Waals surface area contributed by atoms with Crippen molar-refractivity contribution in [1.82, 2.24) is 44.8 Å². The smallest absolute Gasteiger partial charge is 0.256 e. The zero-order chi connectivity index (χ0) is 23.1. The maximum Gasteiger partial charge on any atom is 0.256 e. The first-order chi connectivity index (χ1) is 16.0. The minimum Gasteiger partial charge on any atom is -0.387 e. The fraction of sp³-hybridized carbons (Fsp3) is 0.316. The summed E-state index contributed by atoms with van der Waals surface area (Å²) in [6, 6.07) is 5.45. The number of carbonyl (C=O) groups excluding carboxylic acids is 1. The summed E-state index contributed by atoms with van der Waals surface area (Å²) in [7, 11) is 3.10. The van der Waals surface area contributed by atoms with Crippen LogP contribution in [0.3, 0.4) is 0 Å². The van der Waals surface area contributed by atoms with Crippen LogP contribution in [-0.4, -0.2) is 88.0 Å². The second-order valence-electron chi connectivity index (χ2n) is 7.25. The van der Waals surface area contributed by atoms with E-state index in [0.717, 1.165) is 0 Å². The summed E-state index contributed by atoms with van der Waals surface area (Å²) >= 11 is 0. The maximum atomic E-state index is 12.0. The molecule has 5 heterocycles. The Bertz CT molecular complexity index is 1310. The van der Waals surface area contributed by atoms with Crippen molar-refractivity contribution in [2.24, 2.45) is 0 Å². The van der Waals surface area contributed by atoms with Gasteiger partial charge >= 0.3 is 0 Å². The summed E-state index contributed by atoms with van der Waals surface area (Å²) in [6.07, 6.45) is -0.458. The number of nitrogens with zero attached hydrogens (tertiary/aromatic N) is 8. The number of rotatable bonds is 5. The highest BCUT2D eigenvalue weighted by atomic mass is 16.6. The Hall–Kier alpha value is -4.01. The summed E-state index contributed by atoms with van der Waals surface area (Å²) < 4.78 is 8.48. The van der Waals surface area contributed by atoms with Gasteiger partial charge in [0.05, 0.1) is 18.2 Å². The molecule has 1 fully saturated rings. The third-order valence-electron chi connectivity index (χ3n) is 5.29. The number of amides is 1. The molecule has 0 aromatic carbocycles. The third-order valence-corrected chi connectivity index (χ3v) is 5.29. The number of nitrogens with one attached hydrogen (secondary N) is 2. The number of anilines is 1. The van der Waals surface area contributed by atoms with Crippen LogP contribution in [0.1, 0.15) is 6.23 Å². The Morgan fingerprint density at radius 1 is 1.12 bits per heavy atom. The lowest BCUT2D eigenvalue weighted by Crippen LogP contribution is -2.41. The second-order valence-corrected chi connectivity index (χ2v) is 7.25. The lowest BCUT2D eigenvalue weighted by Gasteiger charge is -2.16. The lowest BCUT2D eigenvalue weighted by atomic mass is 10.1. The quantitative estimate of drug-likeness (QED) is 0.288. The van der Waals surface area contributed by atoms with Crippen molar-refractivity contribution in [3.8, 4) is 17.3 Å². The van der Waals surface area contributed by atoms with Crippen molar-refractivity contribution < 1.29 is 19.7 Å². The zero-order valence-electron chi connectivity index (χ0n) is 17.6. The molecule has 0 saturated carbocycles. The van der Waals surface area contributed by atoms with Gasteiger partial charge in [0.25, 0.3) is 11.9 Å². The van der Waals surface area contributed by atoms with Crippen LogP contribution in [0.2, 0.25) is 0 Å². The van der Waals surface area contributed by atoms with Gasteiger partial charge in [-0.25, -0.2) is 4.98 Å². The summed E-state index contributed by atoms with van der Waals surface area (Å²) in [4.78, 5) is 29.6. The molecule has 4 aromatic rings. The monoisotopic (exact) mass is 452 g/mol. The molecule has 0 aliphatic carbocycles. The van der Waals surface area contributed by atoms with E-state index in [9.17, 15) is 15.0 Å². The maximum absolute atomic E-state index is 12.0. The van der Waals surface area contributed by atoms with Crippen molar-refractivity contribution in [1.29, 1.82) is 0 Å². The van der Waals surface area contributed by atoms with E-state index >= 15 is 0 Å². The minimum atomic E-state index is -1.42. The molecule has 1 amide bonds. The van der Waals surface area contributed by atoms with Crippen molar-refractivity contribution in [2.45, 2.75) is 24.5 Å². The molecule has 0 bridgehead atoms. The van der Waals surface area contributed by atoms with Gasteiger partial charge < -0.3 is 25.6 Å². The van der Waals surface area contributed by atoms with E-state index in [1.807, 2.05) is 6.07 Å². The first-order valence-corrected chi connectivity index (χ1v) is 10.0. The van der Waals surface area contributed by atoms with E-state index in [1.165, 1.54) is 22.6 Å². The number of ether oxygens (including phenoxy) is 1. The van der Waals surface area contributed by atoms with Gasteiger partial charge in [0, 0.05) is 20.3 Å². The molecule has 1 aliphatic heterocycles. The molecule has 14 heteroatoms. The number of hydrogen-bond donors (Lipinski definition) is 4. The van der Waals surface area contributed by atoms with Gasteiger partial charge in [-0.3, -0.25) is 14.3 Å². The van der Waals surface area contributed by atoms with Crippen LogP contribution in [0.25, 0.3) is 28.5 Å². The van der Waals surface area contributed by atoms with Crippen molar-refractivity contribution in [3.63, 3.8) is 0 Å². The summed E-state index contributed by atoms with van der Waals surface area (Å²) in [5.41, 5.74) is 1.87. The average molecular weight is 452 g/mol. The van der Waals surface area contributed by atoms with E-state index in [1.54, 1.807) is 31.6 Å². The third kappa shape index (κ3) is 3.45. The normalized spacial score (nSPS) is 22.5. The standard InChI is InChI=1S/C19H20N10O4/c1-20-15-11-16(28(8-23-11)18-13(31)12(30)14(33-18)17(32)21-2)25-19(24-15)29-7-10(26-27-29)9-5-3-4-6-22-9/h3-8,12-14,18,30-31H,1-2H3,(H,21,32)(H,20,24,25)/t12-,13+,14-,18+/m0/s1. The summed E-state index contributed by atoms with van der Waals surface area (Å²) in [6.45, 7) is 0. The molecule has 0 spiro atoms. The van der Waals surface area contributed by atoms with Gasteiger partial charge in [0.1, 0.15) is 17.9 Å². The number of fused-ring (bicyclic) bond motifs is 1. The van der Waals surface area contributed by atoms with Crippen LogP contribution in [0.5, 0.6) is 0 Å². The first-order valence-electron chi connectivity index (χ1n) is 10.0. The Kier molecular flexibility index (Phi) is 5.16. The van der Waals surface area contributed by atoms with Gasteiger partial charge in [-0.15, -0.1) is 5.10 Å². The van der Waals surface area contributed by atoms with Crippen LogP contribution in [0, 0.1) is 0 Å². The molecule has 14 nitrogen and oxygen atoms in total.